The fourth-order valence-corrected chi connectivity index (χ4v) is 5.89. The number of amides is 2. The number of urea groups is 1. The molecule has 0 spiro atoms. The second kappa shape index (κ2) is 10.1. The number of benzene rings is 1. The average molecular weight is 451 g/mol. The molecule has 0 bridgehead atoms. The van der Waals surface area contributed by atoms with Crippen LogP contribution in [0.15, 0.2) is 46.0 Å². The number of hydrogen-bond donors (Lipinski definition) is 1. The number of nitriles is 1. The van der Waals surface area contributed by atoms with Crippen molar-refractivity contribution in [3.63, 3.8) is 0 Å². The summed E-state index contributed by atoms with van der Waals surface area (Å²) < 4.78 is 26.8. The Bertz CT molecular complexity index is 946. The molecule has 1 saturated heterocycles. The number of thiophene rings is 1. The van der Waals surface area contributed by atoms with Crippen LogP contribution in [0.5, 0.6) is 0 Å². The highest BCUT2D eigenvalue weighted by atomic mass is 32.2. The molecule has 1 aliphatic rings. The molecule has 29 heavy (non-hydrogen) atoms. The Labute approximate surface area is 179 Å². The number of carbonyl (C=O) groups is 1. The summed E-state index contributed by atoms with van der Waals surface area (Å²) in [6.07, 6.45) is 0. The summed E-state index contributed by atoms with van der Waals surface area (Å²) in [6, 6.07) is 9.79. The molecule has 2 aromatic rings. The van der Waals surface area contributed by atoms with Crippen molar-refractivity contribution in [2.45, 2.75) is 10.6 Å². The van der Waals surface area contributed by atoms with Gasteiger partial charge in [0.05, 0.1) is 16.5 Å². The SMILES string of the molecule is N#Cc1ccc(S(=O)(=O)N2CCN(C(=O)NCCSCc3ccsc3)CC2)cc1. The molecule has 1 aliphatic heterocycles. The predicted octanol–water partition coefficient (Wildman–Crippen LogP) is 2.57. The molecule has 1 N–H and O–H groups in total. The summed E-state index contributed by atoms with van der Waals surface area (Å²) in [5.41, 5.74) is 1.71. The van der Waals surface area contributed by atoms with Gasteiger partial charge in [-0.05, 0) is 46.7 Å². The van der Waals surface area contributed by atoms with E-state index in [9.17, 15) is 13.2 Å². The number of piperazine rings is 1. The minimum absolute atomic E-state index is 0.156. The molecule has 1 fully saturated rings. The first kappa shape index (κ1) is 21.6. The van der Waals surface area contributed by atoms with Crippen molar-refractivity contribution in [3.8, 4) is 6.07 Å². The van der Waals surface area contributed by atoms with Crippen LogP contribution in [-0.4, -0.2) is 62.1 Å². The third kappa shape index (κ3) is 5.73. The zero-order chi connectivity index (χ0) is 20.7. The quantitative estimate of drug-likeness (QED) is 0.655. The first-order chi connectivity index (χ1) is 14.0. The van der Waals surface area contributed by atoms with E-state index in [1.807, 2.05) is 6.07 Å². The van der Waals surface area contributed by atoms with Crippen molar-refractivity contribution in [1.29, 1.82) is 5.26 Å². The molecule has 0 unspecified atom stereocenters. The number of carbonyl (C=O) groups excluding carboxylic acids is 1. The first-order valence-corrected chi connectivity index (χ1v) is 12.7. The standard InChI is InChI=1S/C19H22N4O3S3/c20-13-16-1-3-18(4-2-16)29(25,26)23-9-7-22(8-10-23)19(24)21-6-12-28-15-17-5-11-27-14-17/h1-5,11,14H,6-10,12,15H2,(H,21,24). The Morgan fingerprint density at radius 2 is 1.90 bits per heavy atom. The maximum atomic E-state index is 12.7. The van der Waals surface area contributed by atoms with Crippen LogP contribution >= 0.6 is 23.1 Å². The number of rotatable bonds is 7. The Kier molecular flexibility index (Phi) is 7.55. The molecule has 7 nitrogen and oxygen atoms in total. The number of nitrogens with zero attached hydrogens (tertiary/aromatic N) is 3. The van der Waals surface area contributed by atoms with Crippen molar-refractivity contribution in [2.24, 2.45) is 0 Å². The molecule has 0 atom stereocenters. The molecule has 154 valence electrons. The van der Waals surface area contributed by atoms with Crippen molar-refractivity contribution in [3.05, 3.63) is 52.2 Å². The van der Waals surface area contributed by atoms with Crippen LogP contribution in [0.2, 0.25) is 0 Å². The average Bonchev–Trinajstić information content (AvgIpc) is 3.27. The minimum Gasteiger partial charge on any atom is -0.337 e. The lowest BCUT2D eigenvalue weighted by molar-refractivity contribution is 0.173. The molecule has 2 amide bonds. The van der Waals surface area contributed by atoms with E-state index in [0.717, 1.165) is 11.5 Å². The summed E-state index contributed by atoms with van der Waals surface area (Å²) in [5, 5.41) is 15.9. The van der Waals surface area contributed by atoms with Crippen LogP contribution in [0.1, 0.15) is 11.1 Å². The lowest BCUT2D eigenvalue weighted by Gasteiger charge is -2.34. The summed E-state index contributed by atoms with van der Waals surface area (Å²) in [5.74, 6) is 1.76. The van der Waals surface area contributed by atoms with Gasteiger partial charge < -0.3 is 10.2 Å². The molecule has 2 heterocycles. The Morgan fingerprint density at radius 3 is 2.52 bits per heavy atom. The van der Waals surface area contributed by atoms with Crippen molar-refractivity contribution in [2.75, 3.05) is 38.5 Å². The fraction of sp³-hybridized carbons (Fsp3) is 0.368. The Hall–Kier alpha value is -2.06. The monoisotopic (exact) mass is 450 g/mol. The van der Waals surface area contributed by atoms with E-state index in [-0.39, 0.29) is 24.0 Å². The molecule has 0 radical (unpaired) electrons. The lowest BCUT2D eigenvalue weighted by Crippen LogP contribution is -2.53. The molecule has 1 aromatic carbocycles. The van der Waals surface area contributed by atoms with Gasteiger partial charge in [-0.25, -0.2) is 13.2 Å². The number of hydrogen-bond acceptors (Lipinski definition) is 6. The van der Waals surface area contributed by atoms with Gasteiger partial charge >= 0.3 is 6.03 Å². The molecular weight excluding hydrogens is 428 g/mol. The summed E-state index contributed by atoms with van der Waals surface area (Å²) in [7, 11) is -3.62. The van der Waals surface area contributed by atoms with Crippen LogP contribution in [0, 0.1) is 11.3 Å². The van der Waals surface area contributed by atoms with Gasteiger partial charge in [-0.15, -0.1) is 0 Å². The number of thioether (sulfide) groups is 1. The Balaban J connectivity index is 1.41. The van der Waals surface area contributed by atoms with Crippen LogP contribution in [0.3, 0.4) is 0 Å². The fourth-order valence-electron chi connectivity index (χ4n) is 2.89. The maximum Gasteiger partial charge on any atom is 0.317 e. The van der Waals surface area contributed by atoms with Gasteiger partial charge in [0.2, 0.25) is 10.0 Å². The van der Waals surface area contributed by atoms with E-state index in [1.165, 1.54) is 34.1 Å². The predicted molar refractivity (Wildman–Crippen MR) is 115 cm³/mol. The van der Waals surface area contributed by atoms with E-state index in [4.69, 9.17) is 5.26 Å². The second-order valence-corrected chi connectivity index (χ2v) is 10.3. The van der Waals surface area contributed by atoms with E-state index in [1.54, 1.807) is 28.0 Å². The molecule has 0 aliphatic carbocycles. The van der Waals surface area contributed by atoms with Crippen LogP contribution in [0.25, 0.3) is 0 Å². The summed E-state index contributed by atoms with van der Waals surface area (Å²) in [6.45, 7) is 1.79. The molecule has 0 saturated carbocycles. The van der Waals surface area contributed by atoms with Gasteiger partial charge in [0.1, 0.15) is 0 Å². The number of sulfonamides is 1. The van der Waals surface area contributed by atoms with E-state index < -0.39 is 10.0 Å². The van der Waals surface area contributed by atoms with Crippen LogP contribution in [-0.2, 0) is 15.8 Å². The molecule has 1 aromatic heterocycles. The molecule has 3 rings (SSSR count). The zero-order valence-electron chi connectivity index (χ0n) is 15.8. The van der Waals surface area contributed by atoms with Gasteiger partial charge in [-0.3, -0.25) is 0 Å². The highest BCUT2D eigenvalue weighted by Crippen LogP contribution is 2.18. The van der Waals surface area contributed by atoms with Crippen molar-refractivity contribution < 1.29 is 13.2 Å². The largest absolute Gasteiger partial charge is 0.337 e. The smallest absolute Gasteiger partial charge is 0.317 e. The highest BCUT2D eigenvalue weighted by molar-refractivity contribution is 7.98. The van der Waals surface area contributed by atoms with E-state index in [2.05, 4.69) is 22.1 Å². The Morgan fingerprint density at radius 1 is 1.17 bits per heavy atom. The lowest BCUT2D eigenvalue weighted by atomic mass is 10.2. The first-order valence-electron chi connectivity index (χ1n) is 9.12. The number of nitrogens with one attached hydrogen (secondary N) is 1. The van der Waals surface area contributed by atoms with Crippen molar-refractivity contribution in [1.82, 2.24) is 14.5 Å². The van der Waals surface area contributed by atoms with Gasteiger partial charge in [0.25, 0.3) is 0 Å². The topological polar surface area (TPSA) is 93.5 Å². The second-order valence-electron chi connectivity index (χ2n) is 6.44. The zero-order valence-corrected chi connectivity index (χ0v) is 18.2. The van der Waals surface area contributed by atoms with Gasteiger partial charge in [-0.2, -0.15) is 32.7 Å². The summed E-state index contributed by atoms with van der Waals surface area (Å²) in [4.78, 5) is 14.1. The van der Waals surface area contributed by atoms with Crippen LogP contribution < -0.4 is 5.32 Å². The van der Waals surface area contributed by atoms with Gasteiger partial charge in [0, 0.05) is 44.2 Å². The van der Waals surface area contributed by atoms with Gasteiger partial charge in [-0.1, -0.05) is 0 Å². The van der Waals surface area contributed by atoms with E-state index in [0.29, 0.717) is 25.2 Å². The highest BCUT2D eigenvalue weighted by Gasteiger charge is 2.30. The van der Waals surface area contributed by atoms with Gasteiger partial charge in [0.15, 0.2) is 0 Å². The van der Waals surface area contributed by atoms with Crippen LogP contribution in [0.4, 0.5) is 4.79 Å². The third-order valence-electron chi connectivity index (χ3n) is 4.52. The minimum atomic E-state index is -3.62. The molecular formula is C19H22N4O3S3. The maximum absolute atomic E-state index is 12.7. The normalized spacial score (nSPS) is 15.1. The summed E-state index contributed by atoms with van der Waals surface area (Å²) >= 11 is 3.45. The van der Waals surface area contributed by atoms with Crippen molar-refractivity contribution >= 4 is 39.2 Å². The van der Waals surface area contributed by atoms with E-state index >= 15 is 0 Å². The third-order valence-corrected chi connectivity index (χ3v) is 8.19. The molecule has 10 heteroatoms.